The summed E-state index contributed by atoms with van der Waals surface area (Å²) in [5.41, 5.74) is 4.87. The average molecular weight is 489 g/mol. The molecule has 8 heteroatoms. The Morgan fingerprint density at radius 3 is 2.42 bits per heavy atom. The Kier molecular flexibility index (Phi) is 8.52. The number of rotatable bonds is 8. The van der Waals surface area contributed by atoms with Crippen molar-refractivity contribution in [2.45, 2.75) is 45.1 Å². The molecule has 1 aromatic heterocycles. The minimum Gasteiger partial charge on any atom is -0.396 e. The van der Waals surface area contributed by atoms with Crippen molar-refractivity contribution in [2.24, 2.45) is 5.92 Å². The summed E-state index contributed by atoms with van der Waals surface area (Å²) >= 11 is 0. The fourth-order valence-electron chi connectivity index (χ4n) is 4.30. The van der Waals surface area contributed by atoms with Crippen molar-refractivity contribution in [3.05, 3.63) is 89.0 Å². The van der Waals surface area contributed by atoms with Crippen LogP contribution < -0.4 is 5.32 Å². The first-order valence-electron chi connectivity index (χ1n) is 12.1. The largest absolute Gasteiger partial charge is 0.396 e. The smallest absolute Gasteiger partial charge is 0.240 e. The Hall–Kier alpha value is -3.48. The summed E-state index contributed by atoms with van der Waals surface area (Å²) in [6.07, 6.45) is 2.39. The van der Waals surface area contributed by atoms with Gasteiger partial charge in [-0.15, -0.1) is 0 Å². The van der Waals surface area contributed by atoms with Gasteiger partial charge in [-0.1, -0.05) is 41.7 Å². The minimum atomic E-state index is -0.841. The maximum atomic E-state index is 13.1. The van der Waals surface area contributed by atoms with Crippen LogP contribution in [0.15, 0.2) is 61.1 Å². The molecule has 4 atom stereocenters. The number of nitrogens with one attached hydrogen (secondary N) is 2. The maximum Gasteiger partial charge on any atom is 0.240 e. The Labute approximate surface area is 211 Å². The minimum absolute atomic E-state index is 0.253. The maximum absolute atomic E-state index is 13.1. The molecule has 0 unspecified atom stereocenters. The fraction of sp³-hybridized carbons (Fsp3) is 0.357. The summed E-state index contributed by atoms with van der Waals surface area (Å²) in [4.78, 5) is 26.1. The third kappa shape index (κ3) is 6.39. The molecule has 8 nitrogen and oxygen atoms in total. The molecule has 1 saturated heterocycles. The van der Waals surface area contributed by atoms with Crippen LogP contribution in [0.5, 0.6) is 0 Å². The highest BCUT2D eigenvalue weighted by atomic mass is 16.7. The second-order valence-electron chi connectivity index (χ2n) is 9.11. The number of hydroxylamine groups is 2. The van der Waals surface area contributed by atoms with Gasteiger partial charge in [0.2, 0.25) is 5.91 Å². The molecule has 2 aromatic carbocycles. The van der Waals surface area contributed by atoms with Crippen LogP contribution in [0.25, 0.3) is 0 Å². The van der Waals surface area contributed by atoms with Gasteiger partial charge in [-0.2, -0.15) is 5.06 Å². The van der Waals surface area contributed by atoms with Crippen molar-refractivity contribution in [1.82, 2.24) is 20.3 Å². The van der Waals surface area contributed by atoms with Crippen LogP contribution in [0.2, 0.25) is 0 Å². The first kappa shape index (κ1) is 25.6. The van der Waals surface area contributed by atoms with Gasteiger partial charge in [-0.3, -0.25) is 9.63 Å². The Morgan fingerprint density at radius 1 is 1.17 bits per heavy atom. The zero-order valence-corrected chi connectivity index (χ0v) is 20.5. The number of aryl methyl sites for hydroxylation is 1. The van der Waals surface area contributed by atoms with E-state index in [1.807, 2.05) is 55.5 Å². The van der Waals surface area contributed by atoms with E-state index in [4.69, 9.17) is 4.84 Å². The Morgan fingerprint density at radius 2 is 1.83 bits per heavy atom. The van der Waals surface area contributed by atoms with Gasteiger partial charge in [0.05, 0.1) is 25.6 Å². The summed E-state index contributed by atoms with van der Waals surface area (Å²) in [7, 11) is 0. The van der Waals surface area contributed by atoms with Crippen molar-refractivity contribution < 1.29 is 19.8 Å². The molecule has 4 rings (SSSR count). The number of carbonyl (C=O) groups is 1. The monoisotopic (exact) mass is 488 g/mol. The molecular formula is C28H32N4O4. The zero-order chi connectivity index (χ0) is 25.5. The molecule has 1 aliphatic rings. The number of H-pyrrole nitrogens is 1. The van der Waals surface area contributed by atoms with E-state index in [-0.39, 0.29) is 12.5 Å². The van der Waals surface area contributed by atoms with Gasteiger partial charge in [-0.25, -0.2) is 4.98 Å². The first-order chi connectivity index (χ1) is 17.4. The molecule has 4 N–H and O–H groups in total. The molecule has 36 heavy (non-hydrogen) atoms. The summed E-state index contributed by atoms with van der Waals surface area (Å²) in [5.74, 6) is 5.52. The van der Waals surface area contributed by atoms with Gasteiger partial charge in [0.15, 0.2) is 0 Å². The lowest BCUT2D eigenvalue weighted by Crippen LogP contribution is -2.48. The van der Waals surface area contributed by atoms with Gasteiger partial charge in [0.25, 0.3) is 0 Å². The average Bonchev–Trinajstić information content (AvgIpc) is 3.52. The predicted molar refractivity (Wildman–Crippen MR) is 135 cm³/mol. The van der Waals surface area contributed by atoms with E-state index >= 15 is 0 Å². The van der Waals surface area contributed by atoms with Crippen LogP contribution in [0, 0.1) is 24.7 Å². The third-order valence-corrected chi connectivity index (χ3v) is 6.29. The van der Waals surface area contributed by atoms with E-state index in [0.717, 1.165) is 22.4 Å². The SMILES string of the molecule is Cc1ccc(C#Cc2ccc(CN3O[C@H]([C@@H](C)O)[C@H](CO)[C@@H]3C(=O)NCCc3cnc[nH]3)cc2)cc1. The molecule has 1 amide bonds. The lowest BCUT2D eigenvalue weighted by Gasteiger charge is -2.24. The predicted octanol–water partition coefficient (Wildman–Crippen LogP) is 1.95. The molecule has 1 fully saturated rings. The summed E-state index contributed by atoms with van der Waals surface area (Å²) in [5, 5.41) is 24.8. The molecular weight excluding hydrogens is 456 g/mol. The second-order valence-corrected chi connectivity index (χ2v) is 9.11. The number of imidazole rings is 1. The zero-order valence-electron chi connectivity index (χ0n) is 20.5. The number of aromatic nitrogens is 2. The highest BCUT2D eigenvalue weighted by molar-refractivity contribution is 5.82. The fourth-order valence-corrected chi connectivity index (χ4v) is 4.30. The molecule has 2 heterocycles. The van der Waals surface area contributed by atoms with Crippen LogP contribution >= 0.6 is 0 Å². The van der Waals surface area contributed by atoms with E-state index in [0.29, 0.717) is 19.5 Å². The molecule has 188 valence electrons. The van der Waals surface area contributed by atoms with Crippen LogP contribution in [0.3, 0.4) is 0 Å². The van der Waals surface area contributed by atoms with Crippen molar-refractivity contribution in [1.29, 1.82) is 0 Å². The standard InChI is InChI=1S/C28H32N4O4/c1-19-3-5-21(6-4-19)7-8-22-9-11-23(12-10-22)16-32-26(25(17-33)27(36-32)20(2)34)28(35)30-14-13-24-15-29-18-31-24/h3-6,9-12,15,18,20,25-27,33-34H,13-14,16-17H2,1-2H3,(H,29,31)(H,30,35)/t20-,25-,26-,27-/m1/s1. The molecule has 0 spiro atoms. The summed E-state index contributed by atoms with van der Waals surface area (Å²) in [6, 6.07) is 15.1. The van der Waals surface area contributed by atoms with Crippen LogP contribution in [-0.2, 0) is 22.6 Å². The van der Waals surface area contributed by atoms with Crippen LogP contribution in [0.4, 0.5) is 0 Å². The highest BCUT2D eigenvalue weighted by Crippen LogP contribution is 2.31. The van der Waals surface area contributed by atoms with Gasteiger partial charge < -0.3 is 20.5 Å². The van der Waals surface area contributed by atoms with Gasteiger partial charge in [0, 0.05) is 41.9 Å². The highest BCUT2D eigenvalue weighted by Gasteiger charge is 2.48. The number of nitrogens with zero attached hydrogens (tertiary/aromatic N) is 2. The van der Waals surface area contributed by atoms with E-state index in [2.05, 4.69) is 27.1 Å². The Balaban J connectivity index is 1.44. The number of aliphatic hydroxyl groups is 2. The van der Waals surface area contributed by atoms with Gasteiger partial charge >= 0.3 is 0 Å². The number of aromatic amines is 1. The van der Waals surface area contributed by atoms with Gasteiger partial charge in [-0.05, 0) is 43.7 Å². The Bertz CT molecular complexity index is 1180. The third-order valence-electron chi connectivity index (χ3n) is 6.29. The van der Waals surface area contributed by atoms with E-state index in [9.17, 15) is 15.0 Å². The van der Waals surface area contributed by atoms with Crippen molar-refractivity contribution in [2.75, 3.05) is 13.2 Å². The summed E-state index contributed by atoms with van der Waals surface area (Å²) < 4.78 is 0. The number of benzene rings is 2. The topological polar surface area (TPSA) is 111 Å². The van der Waals surface area contributed by atoms with Crippen molar-refractivity contribution in [3.8, 4) is 11.8 Å². The molecule has 0 saturated carbocycles. The number of hydrogen-bond donors (Lipinski definition) is 4. The van der Waals surface area contributed by atoms with Gasteiger partial charge in [0.1, 0.15) is 12.1 Å². The van der Waals surface area contributed by atoms with Crippen LogP contribution in [-0.4, -0.2) is 62.6 Å². The first-order valence-corrected chi connectivity index (χ1v) is 12.1. The normalized spacial score (nSPS) is 20.5. The summed E-state index contributed by atoms with van der Waals surface area (Å²) in [6.45, 7) is 4.10. The number of carbonyl (C=O) groups excluding carboxylic acids is 1. The quantitative estimate of drug-likeness (QED) is 0.361. The second kappa shape index (κ2) is 12.0. The lowest BCUT2D eigenvalue weighted by molar-refractivity contribution is -0.192. The lowest BCUT2D eigenvalue weighted by atomic mass is 9.92. The van der Waals surface area contributed by atoms with E-state index in [1.54, 1.807) is 24.5 Å². The number of amides is 1. The van der Waals surface area contributed by atoms with Crippen molar-refractivity contribution >= 4 is 5.91 Å². The molecule has 0 radical (unpaired) electrons. The molecule has 0 bridgehead atoms. The molecule has 0 aliphatic carbocycles. The van der Waals surface area contributed by atoms with Crippen LogP contribution in [0.1, 0.15) is 34.9 Å². The molecule has 1 aliphatic heterocycles. The molecule has 3 aromatic rings. The van der Waals surface area contributed by atoms with E-state index in [1.165, 1.54) is 5.56 Å². The van der Waals surface area contributed by atoms with Crippen molar-refractivity contribution in [3.63, 3.8) is 0 Å². The van der Waals surface area contributed by atoms with E-state index < -0.39 is 24.2 Å². The number of aliphatic hydroxyl groups excluding tert-OH is 2. The number of hydrogen-bond acceptors (Lipinski definition) is 6.